The lowest BCUT2D eigenvalue weighted by Crippen LogP contribution is -2.14. The summed E-state index contributed by atoms with van der Waals surface area (Å²) in [5, 5.41) is 3.37. The van der Waals surface area contributed by atoms with Gasteiger partial charge in [-0.3, -0.25) is 4.79 Å². The predicted octanol–water partition coefficient (Wildman–Crippen LogP) is 8.62. The molecule has 0 aromatic heterocycles. The first-order chi connectivity index (χ1) is 14.7. The molecule has 0 amide bonds. The van der Waals surface area contributed by atoms with E-state index in [4.69, 9.17) is 0 Å². The Morgan fingerprint density at radius 2 is 1.13 bits per heavy atom. The molecule has 1 aromatic rings. The molecule has 2 heteroatoms. The lowest BCUT2D eigenvalue weighted by molar-refractivity contribution is 0.104. The minimum absolute atomic E-state index is 0.0765. The van der Waals surface area contributed by atoms with Crippen LogP contribution in [0.3, 0.4) is 0 Å². The van der Waals surface area contributed by atoms with Gasteiger partial charge in [0.15, 0.2) is 5.78 Å². The number of ketones is 1. The van der Waals surface area contributed by atoms with Gasteiger partial charge in [-0.05, 0) is 13.3 Å². The van der Waals surface area contributed by atoms with Gasteiger partial charge in [-0.1, -0.05) is 134 Å². The average molecular weight is 414 g/mol. The van der Waals surface area contributed by atoms with Gasteiger partial charge in [-0.25, -0.2) is 0 Å². The smallest absolute Gasteiger partial charge is 0.187 e. The Morgan fingerprint density at radius 3 is 1.60 bits per heavy atom. The normalized spacial score (nSPS) is 11.6. The topological polar surface area (TPSA) is 29.1 Å². The van der Waals surface area contributed by atoms with Gasteiger partial charge in [0.05, 0.1) is 0 Å². The summed E-state index contributed by atoms with van der Waals surface area (Å²) in [5.41, 5.74) is 1.71. The van der Waals surface area contributed by atoms with Gasteiger partial charge in [-0.2, -0.15) is 0 Å². The Kier molecular flexibility index (Phi) is 17.1. The van der Waals surface area contributed by atoms with E-state index >= 15 is 0 Å². The molecule has 0 unspecified atom stereocenters. The van der Waals surface area contributed by atoms with E-state index in [9.17, 15) is 4.79 Å². The van der Waals surface area contributed by atoms with Gasteiger partial charge in [0.1, 0.15) is 0 Å². The van der Waals surface area contributed by atoms with Crippen molar-refractivity contribution in [1.29, 1.82) is 0 Å². The molecule has 0 aliphatic rings. The quantitative estimate of drug-likeness (QED) is 0.132. The highest BCUT2D eigenvalue weighted by molar-refractivity contribution is 6.04. The van der Waals surface area contributed by atoms with Crippen LogP contribution in [0.4, 0.5) is 0 Å². The van der Waals surface area contributed by atoms with E-state index in [0.717, 1.165) is 17.8 Å². The first-order valence-electron chi connectivity index (χ1n) is 12.8. The molecular formula is C28H47NO. The Labute approximate surface area is 186 Å². The van der Waals surface area contributed by atoms with Crippen molar-refractivity contribution >= 4 is 5.78 Å². The number of allylic oxidation sites excluding steroid dienone is 2. The largest absolute Gasteiger partial charge is 0.388 e. The maximum atomic E-state index is 12.1. The number of nitrogens with one attached hydrogen (secondary N) is 1. The molecule has 170 valence electrons. The highest BCUT2D eigenvalue weighted by Gasteiger charge is 2.01. The van der Waals surface area contributed by atoms with Crippen molar-refractivity contribution < 1.29 is 4.79 Å². The van der Waals surface area contributed by atoms with Crippen molar-refractivity contribution in [3.05, 3.63) is 47.7 Å². The fourth-order valence-electron chi connectivity index (χ4n) is 3.89. The van der Waals surface area contributed by atoms with Crippen LogP contribution < -0.4 is 5.32 Å². The maximum absolute atomic E-state index is 12.1. The van der Waals surface area contributed by atoms with Crippen LogP contribution in [-0.2, 0) is 0 Å². The van der Waals surface area contributed by atoms with Gasteiger partial charge in [0.2, 0.25) is 0 Å². The summed E-state index contributed by atoms with van der Waals surface area (Å²) in [5.74, 6) is 0.0765. The number of carbonyl (C=O) groups is 1. The van der Waals surface area contributed by atoms with Crippen LogP contribution in [0.25, 0.3) is 0 Å². The van der Waals surface area contributed by atoms with E-state index in [1.807, 2.05) is 37.3 Å². The van der Waals surface area contributed by atoms with E-state index in [1.165, 1.54) is 103 Å². The van der Waals surface area contributed by atoms with E-state index < -0.39 is 0 Å². The van der Waals surface area contributed by atoms with E-state index in [0.29, 0.717) is 0 Å². The molecule has 0 radical (unpaired) electrons. The minimum Gasteiger partial charge on any atom is -0.388 e. The van der Waals surface area contributed by atoms with Gasteiger partial charge >= 0.3 is 0 Å². The predicted molar refractivity (Wildman–Crippen MR) is 132 cm³/mol. The fraction of sp³-hybridized carbons (Fsp3) is 0.679. The molecule has 1 N–H and O–H groups in total. The highest BCUT2D eigenvalue weighted by Crippen LogP contribution is 2.13. The number of hydrogen-bond donors (Lipinski definition) is 1. The zero-order valence-electron chi connectivity index (χ0n) is 19.9. The molecule has 0 spiro atoms. The average Bonchev–Trinajstić information content (AvgIpc) is 2.76. The monoisotopic (exact) mass is 413 g/mol. The number of unbranched alkanes of at least 4 members (excludes halogenated alkanes) is 15. The molecule has 0 saturated carbocycles. The zero-order chi connectivity index (χ0) is 21.7. The number of benzene rings is 1. The highest BCUT2D eigenvalue weighted by atomic mass is 16.1. The summed E-state index contributed by atoms with van der Waals surface area (Å²) >= 11 is 0. The Balaban J connectivity index is 1.84. The Bertz CT molecular complexity index is 549. The van der Waals surface area contributed by atoms with Crippen molar-refractivity contribution in [3.63, 3.8) is 0 Å². The third-order valence-corrected chi connectivity index (χ3v) is 5.84. The van der Waals surface area contributed by atoms with E-state index in [2.05, 4.69) is 12.2 Å². The van der Waals surface area contributed by atoms with Gasteiger partial charge in [0.25, 0.3) is 0 Å². The first kappa shape index (κ1) is 26.5. The molecule has 0 saturated heterocycles. The maximum Gasteiger partial charge on any atom is 0.187 e. The van der Waals surface area contributed by atoms with Gasteiger partial charge < -0.3 is 5.32 Å². The van der Waals surface area contributed by atoms with Crippen molar-refractivity contribution in [2.24, 2.45) is 0 Å². The second kappa shape index (κ2) is 19.4. The standard InChI is InChI=1S/C28H47NO/c1-3-4-5-6-7-8-9-10-11-12-13-14-15-16-17-21-24-29-26(2)25-28(30)27-22-19-18-20-23-27/h18-20,22-23,25,29H,3-17,21,24H2,1-2H3/b26-25+. The molecule has 1 rings (SSSR count). The molecule has 0 bridgehead atoms. The lowest BCUT2D eigenvalue weighted by atomic mass is 10.0. The number of hydrogen-bond acceptors (Lipinski definition) is 2. The molecule has 0 fully saturated rings. The van der Waals surface area contributed by atoms with Crippen molar-refractivity contribution in [3.8, 4) is 0 Å². The molecule has 1 aromatic carbocycles. The SMILES string of the molecule is CCCCCCCCCCCCCCCCCCN/C(C)=C/C(=O)c1ccccc1. The second-order valence-corrected chi connectivity index (χ2v) is 8.79. The van der Waals surface area contributed by atoms with Crippen LogP contribution >= 0.6 is 0 Å². The van der Waals surface area contributed by atoms with Crippen LogP contribution in [0.2, 0.25) is 0 Å². The van der Waals surface area contributed by atoms with E-state index in [1.54, 1.807) is 6.08 Å². The Morgan fingerprint density at radius 1 is 0.700 bits per heavy atom. The van der Waals surface area contributed by atoms with E-state index in [-0.39, 0.29) is 5.78 Å². The van der Waals surface area contributed by atoms with Crippen LogP contribution in [0.1, 0.15) is 127 Å². The summed E-state index contributed by atoms with van der Waals surface area (Å²) < 4.78 is 0. The molecule has 0 aliphatic carbocycles. The van der Waals surface area contributed by atoms with Crippen molar-refractivity contribution in [2.75, 3.05) is 6.54 Å². The number of carbonyl (C=O) groups excluding carboxylic acids is 1. The molecule has 0 atom stereocenters. The summed E-state index contributed by atoms with van der Waals surface area (Å²) in [6.45, 7) is 5.23. The second-order valence-electron chi connectivity index (χ2n) is 8.79. The summed E-state index contributed by atoms with van der Waals surface area (Å²) in [4.78, 5) is 12.1. The summed E-state index contributed by atoms with van der Waals surface area (Å²) in [6, 6.07) is 9.47. The summed E-state index contributed by atoms with van der Waals surface area (Å²) in [7, 11) is 0. The Hall–Kier alpha value is -1.57. The molecule has 0 aliphatic heterocycles. The van der Waals surface area contributed by atoms with Crippen LogP contribution in [-0.4, -0.2) is 12.3 Å². The minimum atomic E-state index is 0.0765. The van der Waals surface area contributed by atoms with Crippen molar-refractivity contribution in [1.82, 2.24) is 5.32 Å². The van der Waals surface area contributed by atoms with Gasteiger partial charge in [0, 0.05) is 23.9 Å². The van der Waals surface area contributed by atoms with Crippen LogP contribution in [0.15, 0.2) is 42.1 Å². The molecule has 0 heterocycles. The first-order valence-corrected chi connectivity index (χ1v) is 12.8. The molecule has 30 heavy (non-hydrogen) atoms. The zero-order valence-corrected chi connectivity index (χ0v) is 19.9. The number of rotatable bonds is 20. The summed E-state index contributed by atoms with van der Waals surface area (Å²) in [6.07, 6.45) is 24.0. The van der Waals surface area contributed by atoms with Crippen LogP contribution in [0, 0.1) is 0 Å². The molecule has 2 nitrogen and oxygen atoms in total. The molecular weight excluding hydrogens is 366 g/mol. The third kappa shape index (κ3) is 15.3. The van der Waals surface area contributed by atoms with Gasteiger partial charge in [-0.15, -0.1) is 0 Å². The van der Waals surface area contributed by atoms with Crippen molar-refractivity contribution in [2.45, 2.75) is 117 Å². The fourth-order valence-corrected chi connectivity index (χ4v) is 3.89. The van der Waals surface area contributed by atoms with Crippen LogP contribution in [0.5, 0.6) is 0 Å². The lowest BCUT2D eigenvalue weighted by Gasteiger charge is -2.07. The third-order valence-electron chi connectivity index (χ3n) is 5.84.